The lowest BCUT2D eigenvalue weighted by Crippen LogP contribution is -2.37. The van der Waals surface area contributed by atoms with E-state index < -0.39 is 18.1 Å². The van der Waals surface area contributed by atoms with Crippen LogP contribution in [0.15, 0.2) is 77.9 Å². The van der Waals surface area contributed by atoms with Crippen LogP contribution in [0.3, 0.4) is 0 Å². The number of rotatable bonds is 11. The van der Waals surface area contributed by atoms with Gasteiger partial charge in [-0.3, -0.25) is 23.7 Å². The molecule has 2 aliphatic rings. The number of aliphatic carboxylic acids is 1. The molecule has 2 saturated heterocycles. The Kier molecular flexibility index (Phi) is 10.3. The number of carbonyl (C=O) groups is 2. The molecular weight excluding hydrogens is 707 g/mol. The first-order chi connectivity index (χ1) is 25.1. The second-order valence-corrected chi connectivity index (χ2v) is 13.8. The van der Waals surface area contributed by atoms with Crippen molar-refractivity contribution in [2.45, 2.75) is 50.5 Å². The number of aliphatic hydroxyl groups is 1. The number of carboxylic acids is 1. The van der Waals surface area contributed by atoms with Gasteiger partial charge in [-0.1, -0.05) is 65.7 Å². The van der Waals surface area contributed by atoms with E-state index in [1.165, 1.54) is 10.6 Å². The van der Waals surface area contributed by atoms with Crippen LogP contribution in [0.1, 0.15) is 30.4 Å². The van der Waals surface area contributed by atoms with Gasteiger partial charge in [-0.2, -0.15) is 0 Å². The molecule has 3 aromatic heterocycles. The van der Waals surface area contributed by atoms with Gasteiger partial charge < -0.3 is 25.6 Å². The third kappa shape index (κ3) is 7.12. The molecule has 4 N–H and O–H groups in total. The Morgan fingerprint density at radius 3 is 2.46 bits per heavy atom. The smallest absolute Gasteiger partial charge is 0.321 e. The largest absolute Gasteiger partial charge is 0.481 e. The fraction of sp³-hybridized carbons (Fsp3) is 0.289. The average Bonchev–Trinajstić information content (AvgIpc) is 3.73. The Hall–Kier alpha value is -4.85. The van der Waals surface area contributed by atoms with Crippen LogP contribution in [0.4, 0.5) is 0 Å². The van der Waals surface area contributed by atoms with Crippen molar-refractivity contribution in [2.75, 3.05) is 20.2 Å². The number of carbonyl (C=O) groups excluding carboxylic acids is 1. The number of pyridine rings is 2. The van der Waals surface area contributed by atoms with Crippen molar-refractivity contribution in [3.8, 4) is 39.4 Å². The van der Waals surface area contributed by atoms with Crippen molar-refractivity contribution >= 4 is 40.7 Å². The van der Waals surface area contributed by atoms with E-state index in [2.05, 4.69) is 15.6 Å². The zero-order valence-corrected chi connectivity index (χ0v) is 29.7. The molecule has 268 valence electrons. The molecule has 0 saturated carbocycles. The van der Waals surface area contributed by atoms with Crippen LogP contribution in [0.25, 0.3) is 39.2 Å². The number of carboxylic acid groups (broad SMARTS) is 1. The third-order valence-corrected chi connectivity index (χ3v) is 10.4. The summed E-state index contributed by atoms with van der Waals surface area (Å²) in [6.45, 7) is 1.40. The van der Waals surface area contributed by atoms with Crippen molar-refractivity contribution in [1.29, 1.82) is 0 Å². The number of hydrogen-bond donors (Lipinski definition) is 4. The highest BCUT2D eigenvalue weighted by molar-refractivity contribution is 6.39. The summed E-state index contributed by atoms with van der Waals surface area (Å²) in [6.07, 6.45) is 3.79. The number of methoxy groups -OCH3 is 1. The van der Waals surface area contributed by atoms with Gasteiger partial charge in [-0.25, -0.2) is 9.97 Å². The van der Waals surface area contributed by atoms with E-state index in [9.17, 15) is 24.6 Å². The second kappa shape index (κ2) is 15.0. The van der Waals surface area contributed by atoms with E-state index in [4.69, 9.17) is 32.9 Å². The first kappa shape index (κ1) is 35.5. The Balaban J connectivity index is 1.14. The number of aliphatic hydroxyl groups excluding tert-OH is 1. The van der Waals surface area contributed by atoms with Gasteiger partial charge in [0, 0.05) is 85.3 Å². The highest BCUT2D eigenvalue weighted by Crippen LogP contribution is 2.42. The van der Waals surface area contributed by atoms with E-state index in [0.29, 0.717) is 74.6 Å². The Labute approximate surface area is 309 Å². The number of halogens is 2. The number of β-amino-alcohol motifs (C(OH)–C–C–N with tert-alkyl or cyclic N) is 1. The molecule has 3 atom stereocenters. The predicted molar refractivity (Wildman–Crippen MR) is 197 cm³/mol. The second-order valence-electron chi connectivity index (χ2n) is 13.0. The van der Waals surface area contributed by atoms with Crippen molar-refractivity contribution in [3.05, 3.63) is 105 Å². The van der Waals surface area contributed by atoms with Crippen LogP contribution in [0.2, 0.25) is 10.0 Å². The average molecular weight is 744 g/mol. The van der Waals surface area contributed by atoms with Gasteiger partial charge >= 0.3 is 5.97 Å². The molecule has 52 heavy (non-hydrogen) atoms. The Bertz CT molecular complexity index is 2250. The van der Waals surface area contributed by atoms with Crippen LogP contribution >= 0.6 is 23.2 Å². The molecule has 0 radical (unpaired) electrons. The van der Waals surface area contributed by atoms with Gasteiger partial charge in [-0.15, -0.1) is 0 Å². The van der Waals surface area contributed by atoms with E-state index in [1.807, 2.05) is 48.5 Å². The topological polar surface area (TPSA) is 158 Å². The number of nitrogens with zero attached hydrogens (tertiary/aromatic N) is 4. The van der Waals surface area contributed by atoms with Crippen molar-refractivity contribution in [3.63, 3.8) is 0 Å². The van der Waals surface area contributed by atoms with Crippen molar-refractivity contribution < 1.29 is 24.5 Å². The number of likely N-dealkylation sites (tertiary alicyclic amines) is 1. The zero-order valence-electron chi connectivity index (χ0n) is 28.2. The van der Waals surface area contributed by atoms with E-state index in [-0.39, 0.29) is 37.0 Å². The molecule has 0 bridgehead atoms. The molecule has 12 nitrogen and oxygen atoms in total. The summed E-state index contributed by atoms with van der Waals surface area (Å²) in [7, 11) is 1.57. The van der Waals surface area contributed by atoms with Crippen LogP contribution in [-0.4, -0.2) is 79.7 Å². The van der Waals surface area contributed by atoms with Crippen LogP contribution in [0.5, 0.6) is 5.88 Å². The zero-order chi connectivity index (χ0) is 36.5. The number of benzene rings is 2. The molecule has 7 rings (SSSR count). The molecular formula is C38H36Cl2N6O6. The van der Waals surface area contributed by atoms with E-state index in [1.54, 1.807) is 30.3 Å². The summed E-state index contributed by atoms with van der Waals surface area (Å²) in [5.74, 6) is -0.485. The SMILES string of the molecule is COc1nc(-c2cccc(-c3cccc(-c4ccn5c(=O)c(CN6C[C@@H](O)C[C@H]6C(=O)O)cnc5c4)c3Cl)c2Cl)ccc1CNCC1CCC(=O)N1. The van der Waals surface area contributed by atoms with Crippen LogP contribution in [-0.2, 0) is 22.7 Å². The number of hydrogen-bond acceptors (Lipinski definition) is 9. The maximum Gasteiger partial charge on any atom is 0.321 e. The minimum Gasteiger partial charge on any atom is -0.481 e. The summed E-state index contributed by atoms with van der Waals surface area (Å²) in [6, 6.07) is 18.0. The minimum atomic E-state index is -1.04. The summed E-state index contributed by atoms with van der Waals surface area (Å²) in [5, 5.41) is 26.8. The van der Waals surface area contributed by atoms with Gasteiger partial charge in [-0.05, 0) is 30.2 Å². The molecule has 2 aromatic carbocycles. The number of nitrogens with one attached hydrogen (secondary N) is 2. The molecule has 5 aromatic rings. The standard InChI is InChI=1S/C38H36Cl2N6O6/c1-52-36-22(16-41-18-24-9-11-33(48)43-24)8-10-30(44-36)29-7-3-6-28(35(29)40)27-5-2-4-26(34(27)39)21-12-13-46-32(14-21)42-17-23(37(46)49)19-45-20-25(47)15-31(45)38(50)51/h2-8,10,12-14,17,24-25,31,41,47H,9,11,15-16,18-20H2,1H3,(H,43,48)(H,50,51)/t24?,25-,31-/m0/s1. The highest BCUT2D eigenvalue weighted by atomic mass is 35.5. The lowest BCUT2D eigenvalue weighted by atomic mass is 9.97. The van der Waals surface area contributed by atoms with Crippen molar-refractivity contribution in [2.24, 2.45) is 0 Å². The monoisotopic (exact) mass is 742 g/mol. The minimum absolute atomic E-state index is 0.0598. The van der Waals surface area contributed by atoms with Crippen LogP contribution < -0.4 is 20.9 Å². The molecule has 2 fully saturated rings. The highest BCUT2D eigenvalue weighted by Gasteiger charge is 2.36. The van der Waals surface area contributed by atoms with Gasteiger partial charge in [0.1, 0.15) is 11.7 Å². The van der Waals surface area contributed by atoms with Crippen LogP contribution in [0, 0.1) is 0 Å². The van der Waals surface area contributed by atoms with E-state index in [0.717, 1.165) is 17.5 Å². The normalized spacial score (nSPS) is 18.9. The summed E-state index contributed by atoms with van der Waals surface area (Å²) < 4.78 is 7.05. The maximum atomic E-state index is 13.4. The maximum absolute atomic E-state index is 13.4. The Morgan fingerprint density at radius 2 is 1.75 bits per heavy atom. The van der Waals surface area contributed by atoms with Gasteiger partial charge in [0.25, 0.3) is 5.56 Å². The quantitative estimate of drug-likeness (QED) is 0.148. The third-order valence-electron chi connectivity index (χ3n) is 9.62. The number of aromatic nitrogens is 3. The molecule has 2 aliphatic heterocycles. The van der Waals surface area contributed by atoms with Gasteiger partial charge in [0.2, 0.25) is 11.8 Å². The lowest BCUT2D eigenvalue weighted by molar-refractivity contribution is -0.142. The first-order valence-corrected chi connectivity index (χ1v) is 17.6. The first-order valence-electron chi connectivity index (χ1n) is 16.9. The molecule has 5 heterocycles. The fourth-order valence-electron chi connectivity index (χ4n) is 6.96. The fourth-order valence-corrected chi connectivity index (χ4v) is 7.62. The van der Waals surface area contributed by atoms with Gasteiger partial charge in [0.15, 0.2) is 0 Å². The van der Waals surface area contributed by atoms with Crippen molar-refractivity contribution in [1.82, 2.24) is 29.9 Å². The summed E-state index contributed by atoms with van der Waals surface area (Å²) >= 11 is 14.2. The number of ether oxygens (including phenoxy) is 1. The molecule has 1 amide bonds. The molecule has 0 aliphatic carbocycles. The Morgan fingerprint density at radius 1 is 1.02 bits per heavy atom. The number of fused-ring (bicyclic) bond motifs is 1. The molecule has 1 unspecified atom stereocenters. The predicted octanol–water partition coefficient (Wildman–Crippen LogP) is 4.79. The van der Waals surface area contributed by atoms with Gasteiger partial charge in [0.05, 0.1) is 34.5 Å². The number of amides is 1. The lowest BCUT2D eigenvalue weighted by Gasteiger charge is -2.20. The summed E-state index contributed by atoms with van der Waals surface area (Å²) in [5.41, 5.74) is 5.48. The summed E-state index contributed by atoms with van der Waals surface area (Å²) in [4.78, 5) is 47.4. The molecule has 14 heteroatoms. The molecule has 0 spiro atoms. The van der Waals surface area contributed by atoms with E-state index >= 15 is 0 Å².